The number of hydrogen-bond donors (Lipinski definition) is 3. The Labute approximate surface area is 501 Å². The highest BCUT2D eigenvalue weighted by molar-refractivity contribution is 5.76. The third kappa shape index (κ3) is 66.4. The van der Waals surface area contributed by atoms with Crippen LogP contribution in [0.25, 0.3) is 0 Å². The first-order valence-electron chi connectivity index (χ1n) is 35.8. The number of amides is 1. The molecule has 0 aliphatic rings. The Morgan fingerprint density at radius 2 is 0.562 bits per heavy atom. The van der Waals surface area contributed by atoms with Crippen LogP contribution < -0.4 is 5.32 Å². The van der Waals surface area contributed by atoms with Crippen molar-refractivity contribution < 1.29 is 15.0 Å². The summed E-state index contributed by atoms with van der Waals surface area (Å²) in [5.74, 6) is -0.0720. The van der Waals surface area contributed by atoms with E-state index in [1.54, 1.807) is 6.08 Å². The van der Waals surface area contributed by atoms with Gasteiger partial charge in [-0.15, -0.1) is 0 Å². The lowest BCUT2D eigenvalue weighted by molar-refractivity contribution is -0.123. The van der Waals surface area contributed by atoms with Crippen molar-refractivity contribution in [1.29, 1.82) is 0 Å². The second-order valence-corrected chi connectivity index (χ2v) is 24.3. The molecule has 4 heteroatoms. The van der Waals surface area contributed by atoms with Gasteiger partial charge >= 0.3 is 0 Å². The van der Waals surface area contributed by atoms with Gasteiger partial charge in [0.1, 0.15) is 0 Å². The molecule has 4 nitrogen and oxygen atoms in total. The van der Waals surface area contributed by atoms with Gasteiger partial charge in [-0.25, -0.2) is 0 Å². The monoisotopic (exact) mass is 1110 g/mol. The molecule has 2 atom stereocenters. The first kappa shape index (κ1) is 77.6. The van der Waals surface area contributed by atoms with Gasteiger partial charge in [0.25, 0.3) is 0 Å². The summed E-state index contributed by atoms with van der Waals surface area (Å²) in [5.41, 5.74) is 0. The zero-order chi connectivity index (χ0) is 57.6. The van der Waals surface area contributed by atoms with Crippen LogP contribution in [-0.2, 0) is 4.79 Å². The number of rotatable bonds is 66. The topological polar surface area (TPSA) is 69.6 Å². The van der Waals surface area contributed by atoms with Gasteiger partial charge in [0, 0.05) is 6.42 Å². The quantitative estimate of drug-likeness (QED) is 0.0420. The van der Waals surface area contributed by atoms with E-state index in [2.05, 4.69) is 92.1 Å². The molecule has 0 aromatic heterocycles. The Kier molecular flexibility index (Phi) is 68.7. The third-order valence-corrected chi connectivity index (χ3v) is 16.3. The van der Waals surface area contributed by atoms with Crippen molar-refractivity contribution in [1.82, 2.24) is 5.32 Å². The van der Waals surface area contributed by atoms with E-state index >= 15 is 0 Å². The first-order chi connectivity index (χ1) is 39.7. The molecule has 2 unspecified atom stereocenters. The highest BCUT2D eigenvalue weighted by atomic mass is 16.3. The molecule has 0 saturated heterocycles. The van der Waals surface area contributed by atoms with Gasteiger partial charge in [-0.2, -0.15) is 0 Å². The zero-order valence-corrected chi connectivity index (χ0v) is 53.8. The number of aliphatic hydroxyl groups excluding tert-OH is 2. The molecule has 0 radical (unpaired) electrons. The van der Waals surface area contributed by atoms with E-state index in [9.17, 15) is 15.0 Å². The van der Waals surface area contributed by atoms with E-state index in [1.807, 2.05) is 6.08 Å². The van der Waals surface area contributed by atoms with E-state index in [0.717, 1.165) is 64.2 Å². The normalized spacial score (nSPS) is 13.2. The van der Waals surface area contributed by atoms with Gasteiger partial charge in [0.2, 0.25) is 5.91 Å². The highest BCUT2D eigenvalue weighted by Gasteiger charge is 2.18. The molecule has 0 bridgehead atoms. The molecule has 0 aromatic rings. The van der Waals surface area contributed by atoms with Crippen LogP contribution in [0.5, 0.6) is 0 Å². The molecule has 80 heavy (non-hydrogen) atoms. The van der Waals surface area contributed by atoms with Gasteiger partial charge < -0.3 is 15.5 Å². The minimum absolute atomic E-state index is 0.0720. The SMILES string of the molecule is CC/C=C\C/C=C\C/C=C\C/C=C\CCCCCCCCCCCCCCCCCCCCCCCCCCCCCCC(=O)NC(CO)C(O)/C=C/CC/C=C/CC/C=C/CCCCCCCCCCCCCCCCCCC. The minimum Gasteiger partial charge on any atom is -0.394 e. The van der Waals surface area contributed by atoms with Crippen LogP contribution in [-0.4, -0.2) is 34.9 Å². The van der Waals surface area contributed by atoms with Gasteiger partial charge in [0.05, 0.1) is 18.8 Å². The lowest BCUT2D eigenvalue weighted by Crippen LogP contribution is -2.45. The van der Waals surface area contributed by atoms with E-state index < -0.39 is 12.1 Å². The van der Waals surface area contributed by atoms with Crippen LogP contribution in [0.2, 0.25) is 0 Å². The predicted molar refractivity (Wildman–Crippen MR) is 359 cm³/mol. The largest absolute Gasteiger partial charge is 0.394 e. The molecular formula is C76H139NO3. The predicted octanol–water partition coefficient (Wildman–Crippen LogP) is 24.6. The Balaban J connectivity index is 3.45. The maximum Gasteiger partial charge on any atom is 0.220 e. The second-order valence-electron chi connectivity index (χ2n) is 24.3. The molecule has 0 spiro atoms. The Bertz CT molecular complexity index is 1400. The maximum atomic E-state index is 12.5. The van der Waals surface area contributed by atoms with Crippen molar-refractivity contribution >= 4 is 5.91 Å². The summed E-state index contributed by atoms with van der Waals surface area (Å²) in [6, 6.07) is -0.648. The lowest BCUT2D eigenvalue weighted by Gasteiger charge is -2.19. The number of carbonyl (C=O) groups is 1. The van der Waals surface area contributed by atoms with E-state index in [4.69, 9.17) is 0 Å². The molecule has 3 N–H and O–H groups in total. The standard InChI is InChI=1S/C76H139NO3/c1-3-5-7-9-11-13-15-17-19-21-23-25-27-29-31-32-33-34-35-36-37-38-39-40-41-42-43-44-46-48-50-52-54-56-58-60-62-64-66-68-70-72-76(80)77-74(73-78)75(79)71-69-67-65-63-61-59-57-55-53-51-49-47-45-30-28-26-24-22-20-18-16-14-12-10-8-6-4-2/h5,7,11,13,17,19,23,25,53,55,61,63,69,71,74-75,78-79H,3-4,6,8-10,12,14-16,18,20-22,24,26-52,54,56-60,62,64-68,70,72-73H2,1-2H3,(H,77,80)/b7-5-,13-11-,19-17-,25-23-,55-53+,63-61+,71-69+. The number of unbranched alkanes of at least 4 members (excludes halogenated alkanes) is 47. The molecular weight excluding hydrogens is 975 g/mol. The molecule has 0 rings (SSSR count). The van der Waals surface area contributed by atoms with Crippen LogP contribution in [0, 0.1) is 0 Å². The molecule has 466 valence electrons. The molecule has 0 aromatic carbocycles. The number of aliphatic hydroxyl groups is 2. The van der Waals surface area contributed by atoms with E-state index in [-0.39, 0.29) is 12.5 Å². The average molecular weight is 1110 g/mol. The number of hydrogen-bond acceptors (Lipinski definition) is 3. The molecule has 0 fully saturated rings. The average Bonchev–Trinajstić information content (AvgIpc) is 3.46. The summed E-state index contributed by atoms with van der Waals surface area (Å²) in [5, 5.41) is 23.3. The van der Waals surface area contributed by atoms with Crippen LogP contribution in [0.3, 0.4) is 0 Å². The summed E-state index contributed by atoms with van der Waals surface area (Å²) >= 11 is 0. The molecule has 0 aliphatic heterocycles. The second kappa shape index (κ2) is 70.8. The molecule has 0 heterocycles. The first-order valence-corrected chi connectivity index (χ1v) is 35.8. The highest BCUT2D eigenvalue weighted by Crippen LogP contribution is 2.19. The maximum absolute atomic E-state index is 12.5. The third-order valence-electron chi connectivity index (χ3n) is 16.3. The lowest BCUT2D eigenvalue weighted by atomic mass is 10.0. The Hall–Kier alpha value is -2.43. The van der Waals surface area contributed by atoms with Gasteiger partial charge in [-0.1, -0.05) is 369 Å². The van der Waals surface area contributed by atoms with Crippen LogP contribution >= 0.6 is 0 Å². The Morgan fingerprint density at radius 1 is 0.312 bits per heavy atom. The molecule has 1 amide bonds. The molecule has 0 saturated carbocycles. The number of carbonyl (C=O) groups excluding carboxylic acids is 1. The van der Waals surface area contributed by atoms with Crippen LogP contribution in [0.4, 0.5) is 0 Å². The summed E-state index contributed by atoms with van der Waals surface area (Å²) in [6.45, 7) is 4.21. The van der Waals surface area contributed by atoms with Crippen molar-refractivity contribution in [3.05, 3.63) is 85.1 Å². The van der Waals surface area contributed by atoms with E-state index in [0.29, 0.717) is 6.42 Å². The van der Waals surface area contributed by atoms with Gasteiger partial charge in [-0.05, 0) is 83.5 Å². The van der Waals surface area contributed by atoms with Crippen molar-refractivity contribution in [2.75, 3.05) is 6.61 Å². The van der Waals surface area contributed by atoms with Crippen LogP contribution in [0.1, 0.15) is 373 Å². The van der Waals surface area contributed by atoms with Crippen molar-refractivity contribution in [3.63, 3.8) is 0 Å². The summed E-state index contributed by atoms with van der Waals surface area (Å²) in [6.07, 6.45) is 104. The fourth-order valence-corrected chi connectivity index (χ4v) is 11.0. The zero-order valence-electron chi connectivity index (χ0n) is 53.8. The number of allylic oxidation sites excluding steroid dienone is 13. The summed E-state index contributed by atoms with van der Waals surface area (Å²) < 4.78 is 0. The van der Waals surface area contributed by atoms with Gasteiger partial charge in [0.15, 0.2) is 0 Å². The minimum atomic E-state index is -0.873. The number of nitrogens with one attached hydrogen (secondary N) is 1. The fourth-order valence-electron chi connectivity index (χ4n) is 11.0. The van der Waals surface area contributed by atoms with Crippen molar-refractivity contribution in [2.45, 2.75) is 386 Å². The van der Waals surface area contributed by atoms with Crippen molar-refractivity contribution in [3.8, 4) is 0 Å². The fraction of sp³-hybridized carbons (Fsp3) is 0.803. The summed E-state index contributed by atoms with van der Waals surface area (Å²) in [4.78, 5) is 12.5. The molecule has 0 aliphatic carbocycles. The summed E-state index contributed by atoms with van der Waals surface area (Å²) in [7, 11) is 0. The van der Waals surface area contributed by atoms with E-state index in [1.165, 1.54) is 289 Å². The Morgan fingerprint density at radius 3 is 0.875 bits per heavy atom. The van der Waals surface area contributed by atoms with Crippen LogP contribution in [0.15, 0.2) is 85.1 Å². The van der Waals surface area contributed by atoms with Crippen molar-refractivity contribution in [2.24, 2.45) is 0 Å². The smallest absolute Gasteiger partial charge is 0.220 e. The van der Waals surface area contributed by atoms with Gasteiger partial charge in [-0.3, -0.25) is 4.79 Å².